The molecule has 0 saturated carbocycles. The third kappa shape index (κ3) is 41.4. The van der Waals surface area contributed by atoms with Crippen molar-refractivity contribution < 1.29 is 28.6 Å². The molecule has 0 unspecified atom stereocenters. The van der Waals surface area contributed by atoms with Gasteiger partial charge in [0, 0.05) is 19.3 Å². The third-order valence-electron chi connectivity index (χ3n) is 10.5. The van der Waals surface area contributed by atoms with E-state index in [4.69, 9.17) is 14.2 Å². The van der Waals surface area contributed by atoms with Gasteiger partial charge in [0.1, 0.15) is 13.2 Å². The van der Waals surface area contributed by atoms with Crippen LogP contribution < -0.4 is 0 Å². The van der Waals surface area contributed by atoms with Crippen LogP contribution in [-0.4, -0.2) is 37.2 Å². The summed E-state index contributed by atoms with van der Waals surface area (Å²) in [5.41, 5.74) is 0. The molecule has 0 bridgehead atoms. The van der Waals surface area contributed by atoms with Crippen LogP contribution in [0.3, 0.4) is 0 Å². The van der Waals surface area contributed by atoms with Gasteiger partial charge in [-0.05, 0) is 31.1 Å². The summed E-state index contributed by atoms with van der Waals surface area (Å²) in [6.07, 6.45) is 38.0. The predicted octanol–water partition coefficient (Wildman–Crippen LogP) is 14.6. The van der Waals surface area contributed by atoms with Gasteiger partial charge in [0.15, 0.2) is 6.10 Å². The fraction of sp³-hybridized carbons (Fsp3) is 0.936. The van der Waals surface area contributed by atoms with E-state index in [0.717, 1.165) is 69.6 Å². The maximum Gasteiger partial charge on any atom is 0.306 e. The third-order valence-corrected chi connectivity index (χ3v) is 10.5. The fourth-order valence-corrected chi connectivity index (χ4v) is 6.93. The van der Waals surface area contributed by atoms with Crippen molar-refractivity contribution in [2.24, 2.45) is 11.8 Å². The van der Waals surface area contributed by atoms with Crippen LogP contribution in [0.1, 0.15) is 253 Å². The van der Waals surface area contributed by atoms with E-state index in [-0.39, 0.29) is 31.1 Å². The zero-order valence-corrected chi connectivity index (χ0v) is 36.1. The van der Waals surface area contributed by atoms with E-state index in [2.05, 4.69) is 34.6 Å². The van der Waals surface area contributed by atoms with Gasteiger partial charge in [-0.1, -0.05) is 214 Å². The molecule has 0 amide bonds. The molecule has 6 heteroatoms. The summed E-state index contributed by atoms with van der Waals surface area (Å²) in [5.74, 6) is 0.776. The van der Waals surface area contributed by atoms with E-state index in [1.54, 1.807) is 0 Å². The minimum atomic E-state index is -0.760. The molecule has 0 saturated heterocycles. The van der Waals surface area contributed by atoms with Gasteiger partial charge < -0.3 is 14.2 Å². The first-order valence-electron chi connectivity index (χ1n) is 23.2. The van der Waals surface area contributed by atoms with Crippen LogP contribution in [0.5, 0.6) is 0 Å². The van der Waals surface area contributed by atoms with Crippen LogP contribution in [-0.2, 0) is 28.6 Å². The van der Waals surface area contributed by atoms with Gasteiger partial charge in [-0.15, -0.1) is 0 Å². The zero-order chi connectivity index (χ0) is 39.0. The highest BCUT2D eigenvalue weighted by Crippen LogP contribution is 2.16. The predicted molar refractivity (Wildman–Crippen MR) is 224 cm³/mol. The largest absolute Gasteiger partial charge is 0.462 e. The second-order valence-corrected chi connectivity index (χ2v) is 17.0. The minimum Gasteiger partial charge on any atom is -0.462 e. The van der Waals surface area contributed by atoms with Crippen LogP contribution in [0.15, 0.2) is 0 Å². The molecule has 6 nitrogen and oxygen atoms in total. The maximum atomic E-state index is 12.7. The summed E-state index contributed by atoms with van der Waals surface area (Å²) in [6.45, 7) is 11.3. The van der Waals surface area contributed by atoms with Crippen molar-refractivity contribution in [2.45, 2.75) is 259 Å². The zero-order valence-electron chi connectivity index (χ0n) is 36.1. The van der Waals surface area contributed by atoms with E-state index in [1.807, 2.05) is 0 Å². The smallest absolute Gasteiger partial charge is 0.306 e. The number of rotatable bonds is 41. The molecule has 0 heterocycles. The van der Waals surface area contributed by atoms with Crippen molar-refractivity contribution in [2.75, 3.05) is 13.2 Å². The lowest BCUT2D eigenvalue weighted by molar-refractivity contribution is -0.167. The first-order valence-corrected chi connectivity index (χ1v) is 23.2. The van der Waals surface area contributed by atoms with E-state index < -0.39 is 6.10 Å². The number of ether oxygens (including phenoxy) is 3. The van der Waals surface area contributed by atoms with Gasteiger partial charge in [-0.2, -0.15) is 0 Å². The van der Waals surface area contributed by atoms with Gasteiger partial charge in [0.05, 0.1) is 0 Å². The number of unbranched alkanes of at least 4 members (excludes halogenated alkanes) is 26. The highest BCUT2D eigenvalue weighted by Gasteiger charge is 2.19. The van der Waals surface area contributed by atoms with E-state index in [0.29, 0.717) is 19.3 Å². The SMILES string of the molecule is CCCCCCCCCCCC(=O)OC[C@@H](COC(=O)CCCCCCCCCCCCC(C)C)OC(=O)CCCCCCCCCCCCC(C)C. The average Bonchev–Trinajstić information content (AvgIpc) is 3.12. The molecule has 0 aliphatic rings. The average molecular weight is 751 g/mol. The second-order valence-electron chi connectivity index (χ2n) is 17.0. The summed E-state index contributed by atoms with van der Waals surface area (Å²) in [4.78, 5) is 37.7. The van der Waals surface area contributed by atoms with E-state index in [9.17, 15) is 14.4 Å². The Balaban J connectivity index is 4.32. The van der Waals surface area contributed by atoms with Crippen molar-refractivity contribution >= 4 is 17.9 Å². The number of hydrogen-bond acceptors (Lipinski definition) is 6. The number of esters is 3. The Kier molecular flexibility index (Phi) is 38.9. The molecule has 0 radical (unpaired) electrons. The van der Waals surface area contributed by atoms with Crippen molar-refractivity contribution in [3.05, 3.63) is 0 Å². The Morgan fingerprint density at radius 1 is 0.358 bits per heavy atom. The highest BCUT2D eigenvalue weighted by atomic mass is 16.6. The normalized spacial score (nSPS) is 12.1. The summed E-state index contributed by atoms with van der Waals surface area (Å²) in [5, 5.41) is 0. The van der Waals surface area contributed by atoms with Crippen LogP contribution in [0.25, 0.3) is 0 Å². The maximum absolute atomic E-state index is 12.7. The van der Waals surface area contributed by atoms with Gasteiger partial charge in [0.25, 0.3) is 0 Å². The standard InChI is InChI=1S/C47H90O6/c1-6-7-8-9-10-15-22-27-32-37-45(48)51-40-44(53-47(50)39-34-29-24-19-14-12-17-21-26-31-36-43(4)5)41-52-46(49)38-33-28-23-18-13-11-16-20-25-30-35-42(2)3/h42-44H,6-41H2,1-5H3/t44-/m0/s1. The monoisotopic (exact) mass is 751 g/mol. The molecule has 0 aliphatic heterocycles. The first-order chi connectivity index (χ1) is 25.7. The van der Waals surface area contributed by atoms with Crippen molar-refractivity contribution in [3.63, 3.8) is 0 Å². The topological polar surface area (TPSA) is 78.9 Å². The lowest BCUT2D eigenvalue weighted by Crippen LogP contribution is -2.30. The molecule has 0 spiro atoms. The summed E-state index contributed by atoms with van der Waals surface area (Å²) in [6, 6.07) is 0. The van der Waals surface area contributed by atoms with Crippen LogP contribution in [0.4, 0.5) is 0 Å². The van der Waals surface area contributed by atoms with Crippen LogP contribution in [0.2, 0.25) is 0 Å². The van der Waals surface area contributed by atoms with Crippen LogP contribution >= 0.6 is 0 Å². The lowest BCUT2D eigenvalue weighted by atomic mass is 10.0. The molecule has 0 aliphatic carbocycles. The van der Waals surface area contributed by atoms with E-state index in [1.165, 1.54) is 141 Å². The summed E-state index contributed by atoms with van der Waals surface area (Å²) >= 11 is 0. The first kappa shape index (κ1) is 51.4. The van der Waals surface area contributed by atoms with Crippen LogP contribution in [0, 0.1) is 11.8 Å². The molecular weight excluding hydrogens is 661 g/mol. The van der Waals surface area contributed by atoms with Crippen molar-refractivity contribution in [1.82, 2.24) is 0 Å². The van der Waals surface area contributed by atoms with E-state index >= 15 is 0 Å². The van der Waals surface area contributed by atoms with Gasteiger partial charge in [0.2, 0.25) is 0 Å². The van der Waals surface area contributed by atoms with Gasteiger partial charge in [-0.25, -0.2) is 0 Å². The fourth-order valence-electron chi connectivity index (χ4n) is 6.93. The Morgan fingerprint density at radius 2 is 0.623 bits per heavy atom. The molecular formula is C47H90O6. The molecule has 0 aromatic rings. The minimum absolute atomic E-state index is 0.0650. The molecule has 1 atom stereocenters. The highest BCUT2D eigenvalue weighted by molar-refractivity contribution is 5.71. The molecule has 53 heavy (non-hydrogen) atoms. The van der Waals surface area contributed by atoms with Crippen molar-refractivity contribution in [3.8, 4) is 0 Å². The quantitative estimate of drug-likeness (QED) is 0.0352. The Morgan fingerprint density at radius 3 is 0.925 bits per heavy atom. The summed E-state index contributed by atoms with van der Waals surface area (Å²) < 4.78 is 16.7. The Labute approximate surface area is 329 Å². The van der Waals surface area contributed by atoms with Gasteiger partial charge >= 0.3 is 17.9 Å². The Hall–Kier alpha value is -1.59. The molecule has 0 rings (SSSR count). The molecule has 0 N–H and O–H groups in total. The molecule has 0 fully saturated rings. The molecule has 0 aromatic carbocycles. The van der Waals surface area contributed by atoms with Crippen molar-refractivity contribution in [1.29, 1.82) is 0 Å². The molecule has 314 valence electrons. The number of carbonyl (C=O) groups excluding carboxylic acids is 3. The second kappa shape index (κ2) is 40.1. The van der Waals surface area contributed by atoms with Gasteiger partial charge in [-0.3, -0.25) is 14.4 Å². The number of hydrogen-bond donors (Lipinski definition) is 0. The summed E-state index contributed by atoms with van der Waals surface area (Å²) in [7, 11) is 0. The molecule has 0 aromatic heterocycles. The number of carbonyl (C=O) groups is 3. The Bertz CT molecular complexity index is 809. The lowest BCUT2D eigenvalue weighted by Gasteiger charge is -2.18.